The van der Waals surface area contributed by atoms with Crippen molar-refractivity contribution in [2.24, 2.45) is 0 Å². The van der Waals surface area contributed by atoms with E-state index >= 15 is 0 Å². The third-order valence-electron chi connectivity index (χ3n) is 4.81. The van der Waals surface area contributed by atoms with Crippen LogP contribution in [0, 0.1) is 6.92 Å². The van der Waals surface area contributed by atoms with Gasteiger partial charge in [0, 0.05) is 30.6 Å². The number of carbonyl (C=O) groups excluding carboxylic acids is 1. The number of hydrogen-bond donors (Lipinski definition) is 1. The second-order valence-electron chi connectivity index (χ2n) is 7.21. The molecule has 0 aliphatic heterocycles. The topological polar surface area (TPSA) is 86.1 Å². The Hall–Kier alpha value is -4.26. The van der Waals surface area contributed by atoms with Crippen LogP contribution in [0.25, 0.3) is 5.69 Å². The van der Waals surface area contributed by atoms with Gasteiger partial charge in [0.1, 0.15) is 6.61 Å². The van der Waals surface area contributed by atoms with Crippen LogP contribution in [0.3, 0.4) is 0 Å². The molecule has 2 heterocycles. The molecule has 0 unspecified atom stereocenters. The normalized spacial score (nSPS) is 10.5. The van der Waals surface area contributed by atoms with E-state index in [1.165, 1.54) is 6.07 Å². The highest BCUT2D eigenvalue weighted by atomic mass is 16.5. The molecule has 0 spiro atoms. The highest BCUT2D eigenvalue weighted by Crippen LogP contribution is 2.12. The average Bonchev–Trinajstić information content (AvgIpc) is 2.83. The Kier molecular flexibility index (Phi) is 6.36. The standard InChI is InChI=1S/C25H22N4O3/c1-18-14-22(30)24(28-29(18)21-10-6-3-7-11-21)25(31)27-16-20-12-13-26-23(15-20)32-17-19-8-4-2-5-9-19/h2-15H,16-17H2,1H3,(H,27,31). The van der Waals surface area contributed by atoms with E-state index in [-0.39, 0.29) is 12.2 Å². The Balaban J connectivity index is 1.44. The first kappa shape index (κ1) is 21.0. The zero-order valence-electron chi connectivity index (χ0n) is 17.6. The molecule has 1 amide bonds. The predicted molar refractivity (Wildman–Crippen MR) is 121 cm³/mol. The number of nitrogens with one attached hydrogen (secondary N) is 1. The number of aryl methyl sites for hydroxylation is 1. The molecule has 7 heteroatoms. The van der Waals surface area contributed by atoms with Gasteiger partial charge >= 0.3 is 0 Å². The van der Waals surface area contributed by atoms with E-state index in [0.717, 1.165) is 16.8 Å². The van der Waals surface area contributed by atoms with Crippen LogP contribution >= 0.6 is 0 Å². The van der Waals surface area contributed by atoms with E-state index in [2.05, 4.69) is 15.4 Å². The summed E-state index contributed by atoms with van der Waals surface area (Å²) in [6.45, 7) is 2.39. The molecule has 0 aliphatic rings. The molecule has 1 N–H and O–H groups in total. The maximum absolute atomic E-state index is 12.7. The fourth-order valence-corrected chi connectivity index (χ4v) is 3.17. The summed E-state index contributed by atoms with van der Waals surface area (Å²) in [5.74, 6) is -0.0799. The highest BCUT2D eigenvalue weighted by molar-refractivity contribution is 5.92. The first-order chi connectivity index (χ1) is 15.6. The Morgan fingerprint density at radius 3 is 2.44 bits per heavy atom. The molecule has 0 bridgehead atoms. The third-order valence-corrected chi connectivity index (χ3v) is 4.81. The van der Waals surface area contributed by atoms with Crippen LogP contribution < -0.4 is 15.5 Å². The SMILES string of the molecule is Cc1cc(=O)c(C(=O)NCc2ccnc(OCc3ccccc3)c2)nn1-c1ccccc1. The molecule has 0 fully saturated rings. The summed E-state index contributed by atoms with van der Waals surface area (Å²) in [5.41, 5.74) is 2.67. The largest absolute Gasteiger partial charge is 0.473 e. The quantitative estimate of drug-likeness (QED) is 0.489. The van der Waals surface area contributed by atoms with Gasteiger partial charge in [0.2, 0.25) is 11.3 Å². The zero-order chi connectivity index (χ0) is 22.3. The van der Waals surface area contributed by atoms with Gasteiger partial charge in [-0.2, -0.15) is 5.10 Å². The van der Waals surface area contributed by atoms with Crippen LogP contribution in [0.5, 0.6) is 5.88 Å². The molecule has 32 heavy (non-hydrogen) atoms. The molecular weight excluding hydrogens is 404 g/mol. The van der Waals surface area contributed by atoms with Crippen LogP contribution in [0.4, 0.5) is 0 Å². The number of benzene rings is 2. The lowest BCUT2D eigenvalue weighted by atomic mass is 10.2. The Bertz CT molecular complexity index is 1270. The minimum absolute atomic E-state index is 0.158. The summed E-state index contributed by atoms with van der Waals surface area (Å²) in [4.78, 5) is 29.3. The first-order valence-corrected chi connectivity index (χ1v) is 10.2. The van der Waals surface area contributed by atoms with Crippen LogP contribution in [-0.2, 0) is 13.2 Å². The van der Waals surface area contributed by atoms with E-state index in [9.17, 15) is 9.59 Å². The van der Waals surface area contributed by atoms with Crippen molar-refractivity contribution in [3.63, 3.8) is 0 Å². The van der Waals surface area contributed by atoms with Gasteiger partial charge in [-0.25, -0.2) is 9.67 Å². The lowest BCUT2D eigenvalue weighted by molar-refractivity contribution is 0.0943. The van der Waals surface area contributed by atoms with Crippen molar-refractivity contribution in [3.05, 3.63) is 118 Å². The predicted octanol–water partition coefficient (Wildman–Crippen LogP) is 3.44. The number of ether oxygens (including phenoxy) is 1. The monoisotopic (exact) mass is 426 g/mol. The molecule has 4 aromatic rings. The summed E-state index contributed by atoms with van der Waals surface area (Å²) < 4.78 is 7.31. The molecule has 4 rings (SSSR count). The van der Waals surface area contributed by atoms with Gasteiger partial charge in [0.05, 0.1) is 5.69 Å². The minimum atomic E-state index is -0.539. The second-order valence-corrected chi connectivity index (χ2v) is 7.21. The average molecular weight is 426 g/mol. The van der Waals surface area contributed by atoms with E-state index in [4.69, 9.17) is 4.74 Å². The fraction of sp³-hybridized carbons (Fsp3) is 0.120. The van der Waals surface area contributed by atoms with Gasteiger partial charge in [-0.15, -0.1) is 0 Å². The third kappa shape index (κ3) is 5.07. The summed E-state index contributed by atoms with van der Waals surface area (Å²) in [6, 6.07) is 24.1. The number of pyridine rings is 1. The fourth-order valence-electron chi connectivity index (χ4n) is 3.17. The van der Waals surface area contributed by atoms with E-state index in [1.54, 1.807) is 29.9 Å². The summed E-state index contributed by atoms with van der Waals surface area (Å²) in [6.07, 6.45) is 1.62. The second kappa shape index (κ2) is 9.70. The van der Waals surface area contributed by atoms with E-state index in [0.29, 0.717) is 18.2 Å². The van der Waals surface area contributed by atoms with Gasteiger partial charge in [-0.1, -0.05) is 48.5 Å². The molecule has 0 saturated carbocycles. The number of para-hydroxylation sites is 1. The van der Waals surface area contributed by atoms with Gasteiger partial charge in [-0.05, 0) is 36.2 Å². The lowest BCUT2D eigenvalue weighted by Crippen LogP contribution is -2.31. The zero-order valence-corrected chi connectivity index (χ0v) is 17.6. The molecule has 160 valence electrons. The molecule has 0 saturated heterocycles. The minimum Gasteiger partial charge on any atom is -0.473 e. The number of carbonyl (C=O) groups is 1. The molecular formula is C25H22N4O3. The number of aromatic nitrogens is 3. The van der Waals surface area contributed by atoms with Crippen LogP contribution in [-0.4, -0.2) is 20.7 Å². The number of hydrogen-bond acceptors (Lipinski definition) is 5. The van der Waals surface area contributed by atoms with Crippen LogP contribution in [0.1, 0.15) is 27.3 Å². The summed E-state index contributed by atoms with van der Waals surface area (Å²) in [7, 11) is 0. The van der Waals surface area contributed by atoms with E-state index in [1.807, 2.05) is 60.7 Å². The van der Waals surface area contributed by atoms with Crippen molar-refractivity contribution in [2.45, 2.75) is 20.1 Å². The van der Waals surface area contributed by atoms with Gasteiger partial charge < -0.3 is 10.1 Å². The maximum atomic E-state index is 12.7. The summed E-state index contributed by atoms with van der Waals surface area (Å²) in [5, 5.41) is 7.05. The Morgan fingerprint density at radius 1 is 0.969 bits per heavy atom. The van der Waals surface area contributed by atoms with Gasteiger partial charge in [-0.3, -0.25) is 9.59 Å². The van der Waals surface area contributed by atoms with Gasteiger partial charge in [0.25, 0.3) is 5.91 Å². The van der Waals surface area contributed by atoms with Gasteiger partial charge in [0.15, 0.2) is 5.69 Å². The molecule has 7 nitrogen and oxygen atoms in total. The number of nitrogens with zero attached hydrogens (tertiary/aromatic N) is 3. The molecule has 2 aromatic carbocycles. The van der Waals surface area contributed by atoms with Crippen LogP contribution in [0.2, 0.25) is 0 Å². The molecule has 0 atom stereocenters. The van der Waals surface area contributed by atoms with E-state index < -0.39 is 11.3 Å². The molecule has 0 aliphatic carbocycles. The summed E-state index contributed by atoms with van der Waals surface area (Å²) >= 11 is 0. The van der Waals surface area contributed by atoms with Crippen molar-refractivity contribution in [1.29, 1.82) is 0 Å². The highest BCUT2D eigenvalue weighted by Gasteiger charge is 2.15. The van der Waals surface area contributed by atoms with Crippen molar-refractivity contribution >= 4 is 5.91 Å². The molecule has 2 aromatic heterocycles. The lowest BCUT2D eigenvalue weighted by Gasteiger charge is -2.11. The smallest absolute Gasteiger partial charge is 0.276 e. The number of rotatable bonds is 7. The van der Waals surface area contributed by atoms with Crippen molar-refractivity contribution < 1.29 is 9.53 Å². The van der Waals surface area contributed by atoms with Crippen molar-refractivity contribution in [1.82, 2.24) is 20.1 Å². The first-order valence-electron chi connectivity index (χ1n) is 10.2. The maximum Gasteiger partial charge on any atom is 0.276 e. The Labute approximate surface area is 185 Å². The number of amides is 1. The van der Waals surface area contributed by atoms with Crippen molar-refractivity contribution in [2.75, 3.05) is 0 Å². The van der Waals surface area contributed by atoms with Crippen LogP contribution in [0.15, 0.2) is 89.9 Å². The Morgan fingerprint density at radius 2 is 1.69 bits per heavy atom. The van der Waals surface area contributed by atoms with Crippen molar-refractivity contribution in [3.8, 4) is 11.6 Å². The molecule has 0 radical (unpaired) electrons.